The van der Waals surface area contributed by atoms with Gasteiger partial charge in [-0.3, -0.25) is 0 Å². The fraction of sp³-hybridized carbons (Fsp3) is 0.625. The highest BCUT2D eigenvalue weighted by molar-refractivity contribution is 5.43. The van der Waals surface area contributed by atoms with E-state index in [1.54, 1.807) is 0 Å². The Hall–Kier alpha value is -1.30. The predicted octanol–water partition coefficient (Wildman–Crippen LogP) is 1.25. The highest BCUT2D eigenvalue weighted by Gasteiger charge is 2.20. The van der Waals surface area contributed by atoms with Gasteiger partial charge in [-0.05, 0) is 38.7 Å². The average Bonchev–Trinajstić information content (AvgIpc) is 2.61. The molecule has 1 unspecified atom stereocenters. The number of fused-ring (bicyclic) bond motifs is 1. The van der Waals surface area contributed by atoms with E-state index in [9.17, 15) is 5.11 Å². The summed E-state index contributed by atoms with van der Waals surface area (Å²) in [5.74, 6) is 1.63. The van der Waals surface area contributed by atoms with E-state index in [0.29, 0.717) is 32.8 Å². The molecule has 5 nitrogen and oxygen atoms in total. The Kier molecular flexibility index (Phi) is 5.45. The number of hydrogen-bond acceptors (Lipinski definition) is 5. The van der Waals surface area contributed by atoms with Crippen molar-refractivity contribution in [3.63, 3.8) is 0 Å². The fourth-order valence-corrected chi connectivity index (χ4v) is 2.53. The minimum Gasteiger partial charge on any atom is -0.490 e. The standard InChI is InChI=1S/C16H26N2O3/c1-16(19,12-18(2)3)11-17-10-13-5-6-14-15(9-13)21-8-4-7-20-14/h5-6,9,17,19H,4,7-8,10-12H2,1-3H3. The molecule has 0 fully saturated rings. The minimum atomic E-state index is -0.741. The lowest BCUT2D eigenvalue weighted by atomic mass is 10.1. The summed E-state index contributed by atoms with van der Waals surface area (Å²) in [6.07, 6.45) is 0.912. The summed E-state index contributed by atoms with van der Waals surface area (Å²) in [5, 5.41) is 13.5. The molecule has 2 rings (SSSR count). The van der Waals surface area contributed by atoms with Gasteiger partial charge in [-0.1, -0.05) is 6.07 Å². The summed E-state index contributed by atoms with van der Waals surface area (Å²) < 4.78 is 11.3. The Bertz CT molecular complexity index is 461. The molecule has 0 saturated heterocycles. The van der Waals surface area contributed by atoms with Crippen molar-refractivity contribution < 1.29 is 14.6 Å². The zero-order chi connectivity index (χ0) is 15.3. The number of nitrogens with zero attached hydrogens (tertiary/aromatic N) is 1. The second kappa shape index (κ2) is 7.11. The molecule has 0 aromatic heterocycles. The molecule has 0 amide bonds. The van der Waals surface area contributed by atoms with Crippen molar-refractivity contribution in [2.45, 2.75) is 25.5 Å². The van der Waals surface area contributed by atoms with Gasteiger partial charge in [0.15, 0.2) is 11.5 Å². The number of nitrogens with one attached hydrogen (secondary N) is 1. The van der Waals surface area contributed by atoms with Crippen LogP contribution < -0.4 is 14.8 Å². The quantitative estimate of drug-likeness (QED) is 0.827. The van der Waals surface area contributed by atoms with Gasteiger partial charge in [-0.25, -0.2) is 0 Å². The molecule has 0 bridgehead atoms. The van der Waals surface area contributed by atoms with Gasteiger partial charge in [0.1, 0.15) is 0 Å². The molecule has 1 atom stereocenters. The molecular formula is C16H26N2O3. The lowest BCUT2D eigenvalue weighted by Crippen LogP contribution is -2.45. The molecule has 1 aromatic rings. The van der Waals surface area contributed by atoms with E-state index < -0.39 is 5.60 Å². The van der Waals surface area contributed by atoms with Crippen molar-refractivity contribution >= 4 is 0 Å². The lowest BCUT2D eigenvalue weighted by Gasteiger charge is -2.27. The number of hydrogen-bond donors (Lipinski definition) is 2. The molecular weight excluding hydrogens is 268 g/mol. The fourth-order valence-electron chi connectivity index (χ4n) is 2.53. The first-order chi connectivity index (χ1) is 9.96. The molecule has 118 valence electrons. The number of benzene rings is 1. The first-order valence-corrected chi connectivity index (χ1v) is 7.43. The first-order valence-electron chi connectivity index (χ1n) is 7.43. The second-order valence-electron chi connectivity index (χ2n) is 6.17. The molecule has 21 heavy (non-hydrogen) atoms. The van der Waals surface area contributed by atoms with Crippen molar-refractivity contribution in [3.05, 3.63) is 23.8 Å². The largest absolute Gasteiger partial charge is 0.490 e. The Labute approximate surface area is 126 Å². The number of rotatable bonds is 6. The third-order valence-corrected chi connectivity index (χ3v) is 3.30. The average molecular weight is 294 g/mol. The van der Waals surface area contributed by atoms with Crippen molar-refractivity contribution in [3.8, 4) is 11.5 Å². The number of likely N-dealkylation sites (N-methyl/N-ethyl adjacent to an activating group) is 1. The molecule has 1 aliphatic rings. The zero-order valence-electron chi connectivity index (χ0n) is 13.2. The molecule has 1 aromatic carbocycles. The highest BCUT2D eigenvalue weighted by atomic mass is 16.5. The number of ether oxygens (including phenoxy) is 2. The monoisotopic (exact) mass is 294 g/mol. The van der Waals surface area contributed by atoms with E-state index in [-0.39, 0.29) is 0 Å². The molecule has 5 heteroatoms. The summed E-state index contributed by atoms with van der Waals surface area (Å²) in [6.45, 7) is 5.11. The third kappa shape index (κ3) is 5.19. The SMILES string of the molecule is CN(C)CC(C)(O)CNCc1ccc2c(c1)OCCCO2. The first kappa shape index (κ1) is 16.1. The van der Waals surface area contributed by atoms with Gasteiger partial charge in [-0.15, -0.1) is 0 Å². The van der Waals surface area contributed by atoms with E-state index in [1.807, 2.05) is 44.1 Å². The van der Waals surface area contributed by atoms with Crippen LogP contribution in [0.15, 0.2) is 18.2 Å². The van der Waals surface area contributed by atoms with Crippen LogP contribution in [-0.2, 0) is 6.54 Å². The minimum absolute atomic E-state index is 0.541. The Morgan fingerprint density at radius 3 is 2.67 bits per heavy atom. The van der Waals surface area contributed by atoms with Crippen LogP contribution in [-0.4, -0.2) is 56.0 Å². The van der Waals surface area contributed by atoms with E-state index in [2.05, 4.69) is 5.32 Å². The predicted molar refractivity (Wildman–Crippen MR) is 82.9 cm³/mol. The van der Waals surface area contributed by atoms with Crippen LogP contribution in [0.3, 0.4) is 0 Å². The summed E-state index contributed by atoms with van der Waals surface area (Å²) in [5.41, 5.74) is 0.384. The van der Waals surface area contributed by atoms with Crippen LogP contribution in [0.25, 0.3) is 0 Å². The maximum Gasteiger partial charge on any atom is 0.161 e. The molecule has 2 N–H and O–H groups in total. The Morgan fingerprint density at radius 1 is 1.24 bits per heavy atom. The molecule has 0 aliphatic carbocycles. The van der Waals surface area contributed by atoms with Gasteiger partial charge in [0.2, 0.25) is 0 Å². The maximum absolute atomic E-state index is 10.2. The van der Waals surface area contributed by atoms with Gasteiger partial charge in [0.25, 0.3) is 0 Å². The van der Waals surface area contributed by atoms with E-state index in [0.717, 1.165) is 23.5 Å². The topological polar surface area (TPSA) is 54.0 Å². The highest BCUT2D eigenvalue weighted by Crippen LogP contribution is 2.30. The van der Waals surface area contributed by atoms with Gasteiger partial charge in [-0.2, -0.15) is 0 Å². The summed E-state index contributed by atoms with van der Waals surface area (Å²) >= 11 is 0. The van der Waals surface area contributed by atoms with Crippen LogP contribution in [0.1, 0.15) is 18.9 Å². The van der Waals surface area contributed by atoms with E-state index in [4.69, 9.17) is 9.47 Å². The van der Waals surface area contributed by atoms with Gasteiger partial charge < -0.3 is 24.8 Å². The van der Waals surface area contributed by atoms with Crippen LogP contribution in [0.4, 0.5) is 0 Å². The van der Waals surface area contributed by atoms with Crippen LogP contribution in [0.5, 0.6) is 11.5 Å². The lowest BCUT2D eigenvalue weighted by molar-refractivity contribution is 0.0336. The summed E-state index contributed by atoms with van der Waals surface area (Å²) in [7, 11) is 3.91. The van der Waals surface area contributed by atoms with Gasteiger partial charge in [0.05, 0.1) is 18.8 Å². The molecule has 1 heterocycles. The molecule has 0 saturated carbocycles. The van der Waals surface area contributed by atoms with Gasteiger partial charge >= 0.3 is 0 Å². The summed E-state index contributed by atoms with van der Waals surface area (Å²) in [4.78, 5) is 1.98. The van der Waals surface area contributed by atoms with E-state index >= 15 is 0 Å². The third-order valence-electron chi connectivity index (χ3n) is 3.30. The van der Waals surface area contributed by atoms with Gasteiger partial charge in [0, 0.05) is 26.1 Å². The molecule has 0 spiro atoms. The Morgan fingerprint density at radius 2 is 1.95 bits per heavy atom. The van der Waals surface area contributed by atoms with Crippen molar-refractivity contribution in [1.29, 1.82) is 0 Å². The normalized spacial score (nSPS) is 17.4. The molecule has 1 aliphatic heterocycles. The number of aliphatic hydroxyl groups is 1. The zero-order valence-corrected chi connectivity index (χ0v) is 13.2. The van der Waals surface area contributed by atoms with Crippen LogP contribution in [0.2, 0.25) is 0 Å². The smallest absolute Gasteiger partial charge is 0.161 e. The van der Waals surface area contributed by atoms with E-state index in [1.165, 1.54) is 0 Å². The maximum atomic E-state index is 10.2. The molecule has 0 radical (unpaired) electrons. The summed E-state index contributed by atoms with van der Waals surface area (Å²) in [6, 6.07) is 5.99. The van der Waals surface area contributed by atoms with Crippen molar-refractivity contribution in [2.24, 2.45) is 0 Å². The Balaban J connectivity index is 1.87. The van der Waals surface area contributed by atoms with Crippen molar-refractivity contribution in [2.75, 3.05) is 40.4 Å². The second-order valence-corrected chi connectivity index (χ2v) is 6.17. The van der Waals surface area contributed by atoms with Crippen LogP contribution in [0, 0.1) is 0 Å². The van der Waals surface area contributed by atoms with Crippen LogP contribution >= 0.6 is 0 Å². The van der Waals surface area contributed by atoms with Crippen molar-refractivity contribution in [1.82, 2.24) is 10.2 Å².